The first kappa shape index (κ1) is 19.3. The Hall–Kier alpha value is -2.49. The van der Waals surface area contributed by atoms with Crippen LogP contribution >= 0.6 is 11.6 Å². The van der Waals surface area contributed by atoms with E-state index in [9.17, 15) is 9.18 Å². The SMILES string of the molecule is Cc1cnc(NC(=O)Nc2cc(Cl)c(F)cc2OCC2CNCCO2)cn1. The lowest BCUT2D eigenvalue weighted by Gasteiger charge is -2.24. The van der Waals surface area contributed by atoms with Crippen molar-refractivity contribution in [1.29, 1.82) is 0 Å². The number of carbonyl (C=O) groups is 1. The van der Waals surface area contributed by atoms with Gasteiger partial charge in [0.05, 0.1) is 35.4 Å². The number of ether oxygens (including phenoxy) is 2. The number of hydrogen-bond acceptors (Lipinski definition) is 6. The lowest BCUT2D eigenvalue weighted by atomic mass is 10.2. The zero-order chi connectivity index (χ0) is 19.2. The molecule has 1 atom stereocenters. The van der Waals surface area contributed by atoms with Gasteiger partial charge in [-0.3, -0.25) is 10.3 Å². The van der Waals surface area contributed by atoms with Crippen molar-refractivity contribution in [3.05, 3.63) is 41.1 Å². The lowest BCUT2D eigenvalue weighted by molar-refractivity contribution is 0.000295. The van der Waals surface area contributed by atoms with Gasteiger partial charge in [-0.05, 0) is 13.0 Å². The second-order valence-electron chi connectivity index (χ2n) is 5.89. The highest BCUT2D eigenvalue weighted by atomic mass is 35.5. The van der Waals surface area contributed by atoms with Crippen molar-refractivity contribution in [2.24, 2.45) is 0 Å². The first-order valence-corrected chi connectivity index (χ1v) is 8.70. The van der Waals surface area contributed by atoms with Crippen LogP contribution in [0.4, 0.5) is 20.7 Å². The summed E-state index contributed by atoms with van der Waals surface area (Å²) in [5.41, 5.74) is 0.948. The van der Waals surface area contributed by atoms with Crippen LogP contribution in [0.1, 0.15) is 5.69 Å². The summed E-state index contributed by atoms with van der Waals surface area (Å²) in [6.07, 6.45) is 2.79. The van der Waals surface area contributed by atoms with E-state index in [0.29, 0.717) is 13.2 Å². The number of anilines is 2. The third kappa shape index (κ3) is 5.49. The van der Waals surface area contributed by atoms with E-state index in [4.69, 9.17) is 21.1 Å². The Labute approximate surface area is 160 Å². The number of hydrogen-bond donors (Lipinski definition) is 3. The molecule has 3 rings (SSSR count). The standard InChI is InChI=1S/C17H19ClFN5O3/c1-10-6-22-16(8-21-10)24-17(25)23-14-4-12(18)13(19)5-15(14)27-9-11-7-20-2-3-26-11/h4-6,8,11,20H,2-3,7,9H2,1H3,(H2,22,23,24,25). The molecule has 1 aliphatic heterocycles. The van der Waals surface area contributed by atoms with Gasteiger partial charge in [0, 0.05) is 19.2 Å². The highest BCUT2D eigenvalue weighted by Crippen LogP contribution is 2.31. The fourth-order valence-electron chi connectivity index (χ4n) is 2.38. The maximum absolute atomic E-state index is 13.8. The van der Waals surface area contributed by atoms with Crippen LogP contribution in [-0.4, -0.2) is 48.4 Å². The Balaban J connectivity index is 1.67. The molecule has 1 aromatic heterocycles. The minimum absolute atomic E-state index is 0.136. The number of aromatic nitrogens is 2. The maximum atomic E-state index is 13.8. The predicted molar refractivity (Wildman–Crippen MR) is 98.9 cm³/mol. The quantitative estimate of drug-likeness (QED) is 0.720. The van der Waals surface area contributed by atoms with E-state index in [1.165, 1.54) is 18.5 Å². The summed E-state index contributed by atoms with van der Waals surface area (Å²) in [7, 11) is 0. The molecule has 1 aromatic carbocycles. The molecule has 0 bridgehead atoms. The van der Waals surface area contributed by atoms with Crippen LogP contribution in [0.25, 0.3) is 0 Å². The van der Waals surface area contributed by atoms with Crippen LogP contribution in [0.15, 0.2) is 24.5 Å². The second-order valence-corrected chi connectivity index (χ2v) is 6.30. The van der Waals surface area contributed by atoms with Crippen LogP contribution < -0.4 is 20.7 Å². The van der Waals surface area contributed by atoms with Gasteiger partial charge in [-0.1, -0.05) is 11.6 Å². The number of halogens is 2. The fourth-order valence-corrected chi connectivity index (χ4v) is 2.55. The zero-order valence-corrected chi connectivity index (χ0v) is 15.3. The van der Waals surface area contributed by atoms with Gasteiger partial charge >= 0.3 is 6.03 Å². The Kier molecular flexibility index (Phi) is 6.38. The number of rotatable bonds is 5. The van der Waals surface area contributed by atoms with Crippen molar-refractivity contribution >= 4 is 29.1 Å². The number of nitrogens with zero attached hydrogens (tertiary/aromatic N) is 2. The van der Waals surface area contributed by atoms with E-state index in [0.717, 1.165) is 18.3 Å². The molecule has 0 spiro atoms. The topological polar surface area (TPSA) is 97.4 Å². The number of amides is 2. The Morgan fingerprint density at radius 2 is 2.26 bits per heavy atom. The van der Waals surface area contributed by atoms with Gasteiger partial charge in [0.1, 0.15) is 24.3 Å². The molecule has 144 valence electrons. The van der Waals surface area contributed by atoms with E-state index in [1.807, 2.05) is 0 Å². The normalized spacial score (nSPS) is 16.6. The number of aryl methyl sites for hydroxylation is 1. The molecular formula is C17H19ClFN5O3. The van der Waals surface area contributed by atoms with Crippen LogP contribution in [0.3, 0.4) is 0 Å². The van der Waals surface area contributed by atoms with Crippen LogP contribution in [0.5, 0.6) is 5.75 Å². The van der Waals surface area contributed by atoms with Gasteiger partial charge in [-0.15, -0.1) is 0 Å². The summed E-state index contributed by atoms with van der Waals surface area (Å²) >= 11 is 5.84. The van der Waals surface area contributed by atoms with E-state index >= 15 is 0 Å². The first-order chi connectivity index (χ1) is 13.0. The average molecular weight is 396 g/mol. The first-order valence-electron chi connectivity index (χ1n) is 8.32. The minimum atomic E-state index is -0.648. The number of urea groups is 1. The fraction of sp³-hybridized carbons (Fsp3) is 0.353. The smallest absolute Gasteiger partial charge is 0.325 e. The summed E-state index contributed by atoms with van der Waals surface area (Å²) in [6.45, 7) is 3.97. The summed E-state index contributed by atoms with van der Waals surface area (Å²) in [6, 6.07) is 1.82. The van der Waals surface area contributed by atoms with Gasteiger partial charge in [-0.2, -0.15) is 0 Å². The van der Waals surface area contributed by atoms with Gasteiger partial charge in [0.25, 0.3) is 0 Å². The van der Waals surface area contributed by atoms with Crippen LogP contribution in [0.2, 0.25) is 5.02 Å². The third-order valence-corrected chi connectivity index (χ3v) is 4.01. The highest BCUT2D eigenvalue weighted by molar-refractivity contribution is 6.31. The highest BCUT2D eigenvalue weighted by Gasteiger charge is 2.17. The number of carbonyl (C=O) groups excluding carboxylic acids is 1. The molecule has 8 nitrogen and oxygen atoms in total. The second kappa shape index (κ2) is 8.94. The molecule has 1 saturated heterocycles. The molecule has 27 heavy (non-hydrogen) atoms. The molecule has 10 heteroatoms. The van der Waals surface area contributed by atoms with Gasteiger partial charge < -0.3 is 20.1 Å². The number of morpholine rings is 1. The Morgan fingerprint density at radius 3 is 2.96 bits per heavy atom. The largest absolute Gasteiger partial charge is 0.489 e. The molecule has 0 radical (unpaired) electrons. The van der Waals surface area contributed by atoms with Crippen molar-refractivity contribution in [2.75, 3.05) is 36.9 Å². The van der Waals surface area contributed by atoms with Gasteiger partial charge in [0.2, 0.25) is 0 Å². The van der Waals surface area contributed by atoms with Crippen molar-refractivity contribution in [3.63, 3.8) is 0 Å². The molecule has 0 saturated carbocycles. The van der Waals surface area contributed by atoms with Crippen molar-refractivity contribution in [3.8, 4) is 5.75 Å². The third-order valence-electron chi connectivity index (χ3n) is 3.72. The minimum Gasteiger partial charge on any atom is -0.489 e. The van der Waals surface area contributed by atoms with Crippen LogP contribution in [-0.2, 0) is 4.74 Å². The van der Waals surface area contributed by atoms with E-state index in [-0.39, 0.29) is 35.0 Å². The maximum Gasteiger partial charge on any atom is 0.325 e. The Morgan fingerprint density at radius 1 is 1.41 bits per heavy atom. The lowest BCUT2D eigenvalue weighted by Crippen LogP contribution is -2.41. The molecule has 3 N–H and O–H groups in total. The number of benzene rings is 1. The van der Waals surface area contributed by atoms with Gasteiger partial charge in [-0.25, -0.2) is 14.2 Å². The van der Waals surface area contributed by atoms with Gasteiger partial charge in [0.15, 0.2) is 5.82 Å². The number of nitrogens with one attached hydrogen (secondary N) is 3. The Bertz CT molecular complexity index is 800. The van der Waals surface area contributed by atoms with Crippen LogP contribution in [0, 0.1) is 12.7 Å². The van der Waals surface area contributed by atoms with E-state index in [2.05, 4.69) is 25.9 Å². The molecule has 0 aliphatic carbocycles. The molecule has 1 unspecified atom stereocenters. The van der Waals surface area contributed by atoms with Crippen molar-refractivity contribution in [2.45, 2.75) is 13.0 Å². The van der Waals surface area contributed by atoms with Crippen molar-refractivity contribution < 1.29 is 18.7 Å². The summed E-state index contributed by atoms with van der Waals surface area (Å²) in [5.74, 6) is -0.226. The molecule has 1 fully saturated rings. The summed E-state index contributed by atoms with van der Waals surface area (Å²) in [4.78, 5) is 20.3. The van der Waals surface area contributed by atoms with Crippen molar-refractivity contribution in [1.82, 2.24) is 15.3 Å². The van der Waals surface area contributed by atoms with E-state index < -0.39 is 11.8 Å². The molecule has 1 aliphatic rings. The van der Waals surface area contributed by atoms with E-state index in [1.54, 1.807) is 6.92 Å². The molecule has 2 amide bonds. The predicted octanol–water partition coefficient (Wildman–Crippen LogP) is 2.59. The average Bonchev–Trinajstić information content (AvgIpc) is 2.66. The zero-order valence-electron chi connectivity index (χ0n) is 14.6. The summed E-state index contributed by atoms with van der Waals surface area (Å²) < 4.78 is 25.0. The monoisotopic (exact) mass is 395 g/mol. The molecule has 2 aromatic rings. The molecule has 2 heterocycles. The molecular weight excluding hydrogens is 377 g/mol. The summed E-state index contributed by atoms with van der Waals surface area (Å²) in [5, 5.41) is 8.15.